The smallest absolute Gasteiger partial charge is 0.0963 e. The molecule has 0 saturated heterocycles. The maximum atomic E-state index is 9.00. The molecule has 225 valence electrons. The fourth-order valence-electron chi connectivity index (χ4n) is 5.30. The molecule has 10 heteroatoms. The van der Waals surface area contributed by atoms with Crippen molar-refractivity contribution in [2.45, 2.75) is 6.92 Å². The third kappa shape index (κ3) is 7.09. The summed E-state index contributed by atoms with van der Waals surface area (Å²) in [7, 11) is 4.34. The fourth-order valence-corrected chi connectivity index (χ4v) is 5.66. The van der Waals surface area contributed by atoms with Crippen LogP contribution in [-0.4, -0.2) is 37.8 Å². The number of fused-ring (bicyclic) bond motifs is 6. The van der Waals surface area contributed by atoms with Gasteiger partial charge in [0.1, 0.15) is 0 Å². The molecule has 4 heterocycles. The molecule has 0 aliphatic carbocycles. The summed E-state index contributed by atoms with van der Waals surface area (Å²) in [6.45, 7) is 1.08. The maximum Gasteiger partial charge on any atom is 0.0963 e. The van der Waals surface area contributed by atoms with Gasteiger partial charge in [-0.1, -0.05) is 70.5 Å². The number of aromatic nitrogens is 4. The van der Waals surface area contributed by atoms with Crippen molar-refractivity contribution >= 4 is 86.2 Å². The first-order chi connectivity index (χ1) is 22.4. The van der Waals surface area contributed by atoms with Crippen molar-refractivity contribution in [1.29, 1.82) is 0 Å². The van der Waals surface area contributed by atoms with E-state index in [2.05, 4.69) is 163 Å². The summed E-state index contributed by atoms with van der Waals surface area (Å²) in [5.41, 5.74) is 9.07. The van der Waals surface area contributed by atoms with Crippen LogP contribution < -0.4 is 0 Å². The molecule has 4 aromatic carbocycles. The molecule has 46 heavy (non-hydrogen) atoms. The van der Waals surface area contributed by atoms with E-state index in [1.165, 1.54) is 27.5 Å². The Hall–Kier alpha value is -5.06. The number of pyridine rings is 2. The van der Waals surface area contributed by atoms with Crippen LogP contribution in [0.2, 0.25) is 0 Å². The summed E-state index contributed by atoms with van der Waals surface area (Å²) in [4.78, 5) is 18.1. The van der Waals surface area contributed by atoms with Crippen LogP contribution in [0.25, 0.3) is 55.2 Å². The van der Waals surface area contributed by atoms with Gasteiger partial charge in [0.05, 0.1) is 33.1 Å². The zero-order chi connectivity index (χ0) is 32.5. The van der Waals surface area contributed by atoms with E-state index < -0.39 is 5.97 Å². The summed E-state index contributed by atoms with van der Waals surface area (Å²) in [6, 6.07) is 43.7. The number of nitrogens with zero attached hydrogens (tertiary/aromatic N) is 5. The predicted molar refractivity (Wildman–Crippen MR) is 195 cm³/mol. The van der Waals surface area contributed by atoms with Crippen LogP contribution in [0.15, 0.2) is 149 Å². The van der Waals surface area contributed by atoms with E-state index in [9.17, 15) is 0 Å². The molecule has 1 N–H and O–H groups in total. The number of halogens is 1. The number of hydrogen-bond donors (Lipinski definition) is 2. The minimum absolute atomic E-state index is 0.833. The first-order valence-electron chi connectivity index (χ1n) is 14.2. The van der Waals surface area contributed by atoms with Gasteiger partial charge in [0.2, 0.25) is 0 Å². The number of aliphatic carboxylic acids is 1. The molecular formula is C36H28BBrN5O2S. The average Bonchev–Trinajstić information content (AvgIpc) is 3.59. The molecule has 4 aromatic heterocycles. The van der Waals surface area contributed by atoms with Crippen molar-refractivity contribution in [3.8, 4) is 11.4 Å². The van der Waals surface area contributed by atoms with Gasteiger partial charge in [-0.05, 0) is 72.8 Å². The molecule has 0 amide bonds. The normalized spacial score (nSPS) is 10.3. The van der Waals surface area contributed by atoms with E-state index in [0.29, 0.717) is 0 Å². The number of para-hydroxylation sites is 3. The molecule has 0 spiro atoms. The van der Waals surface area contributed by atoms with Crippen molar-refractivity contribution in [3.63, 3.8) is 0 Å². The Morgan fingerprint density at radius 3 is 1.61 bits per heavy atom. The SMILES string of the molecule is Brc1ccc2c(c1)c1ncccc1n2-c1ccccc1.CC(=O)O.[B]=NS.c1ccc(-n2c3ccccc3c3ncccc32)cc1. The summed E-state index contributed by atoms with van der Waals surface area (Å²) < 4.78 is 8.28. The van der Waals surface area contributed by atoms with E-state index in [1.807, 2.05) is 36.7 Å². The topological polar surface area (TPSA) is 85.3 Å². The van der Waals surface area contributed by atoms with Gasteiger partial charge in [-0.25, -0.2) is 0 Å². The molecule has 0 unspecified atom stereocenters. The molecule has 0 aliphatic heterocycles. The van der Waals surface area contributed by atoms with Gasteiger partial charge in [0, 0.05) is 45.9 Å². The Morgan fingerprint density at radius 2 is 1.09 bits per heavy atom. The van der Waals surface area contributed by atoms with E-state index in [4.69, 9.17) is 9.90 Å². The number of carbonyl (C=O) groups is 1. The molecule has 0 bridgehead atoms. The van der Waals surface area contributed by atoms with Crippen molar-refractivity contribution in [2.75, 3.05) is 0 Å². The first-order valence-corrected chi connectivity index (χ1v) is 15.4. The second-order valence-electron chi connectivity index (χ2n) is 9.90. The van der Waals surface area contributed by atoms with Gasteiger partial charge >= 0.3 is 24.8 Å². The van der Waals surface area contributed by atoms with Crippen molar-refractivity contribution in [3.05, 3.63) is 144 Å². The second-order valence-corrected chi connectivity index (χ2v) is 11.0. The number of hydrogen-bond acceptors (Lipinski definition) is 5. The van der Waals surface area contributed by atoms with Crippen LogP contribution in [0.5, 0.6) is 0 Å². The summed E-state index contributed by atoms with van der Waals surface area (Å²) in [5, 5.41) is 9.78. The van der Waals surface area contributed by atoms with Crippen LogP contribution >= 0.6 is 28.7 Å². The molecule has 0 atom stereocenters. The summed E-state index contributed by atoms with van der Waals surface area (Å²) in [5.74, 6) is -0.833. The monoisotopic (exact) mass is 684 g/mol. The number of thiol groups is 1. The molecule has 0 fully saturated rings. The van der Waals surface area contributed by atoms with Crippen LogP contribution in [0, 0.1) is 0 Å². The molecule has 0 saturated carbocycles. The molecule has 8 aromatic rings. The summed E-state index contributed by atoms with van der Waals surface area (Å²) >= 11 is 6.74. The largest absolute Gasteiger partial charge is 0.308 e. The number of benzene rings is 4. The van der Waals surface area contributed by atoms with Crippen molar-refractivity contribution in [1.82, 2.24) is 19.1 Å². The average molecular weight is 685 g/mol. The van der Waals surface area contributed by atoms with Gasteiger partial charge < -0.3 is 14.2 Å². The van der Waals surface area contributed by atoms with Crippen LogP contribution in [-0.2, 0) is 4.79 Å². The Bertz CT molecular complexity index is 2200. The van der Waals surface area contributed by atoms with E-state index in [-0.39, 0.29) is 0 Å². The van der Waals surface area contributed by atoms with Crippen LogP contribution in [0.1, 0.15) is 6.92 Å². The minimum Gasteiger partial charge on any atom is -0.308 e. The number of carboxylic acid groups (broad SMARTS) is 1. The molecule has 8 rings (SSSR count). The Balaban J connectivity index is 0.000000151. The standard InChI is InChI=1S/C17H11BrN2.C17H12N2.C2H4O2.BHNS/c18-12-8-9-15-14(11-12)17-16(7-4-10-19-17)20(15)13-5-2-1-3-6-13;1-2-7-13(8-3-1)19-15-10-5-4-9-14(15)17-16(19)11-6-12-18-17;1-2(3)4;1-2-3/h1-11H;1-12H;1H3,(H,3,4);3H. The zero-order valence-corrected chi connectivity index (χ0v) is 27.3. The van der Waals surface area contributed by atoms with Gasteiger partial charge in [-0.3, -0.25) is 14.8 Å². The van der Waals surface area contributed by atoms with E-state index >= 15 is 0 Å². The fraction of sp³-hybridized carbons (Fsp3) is 0.0278. The van der Waals surface area contributed by atoms with Crippen LogP contribution in [0.4, 0.5) is 0 Å². The van der Waals surface area contributed by atoms with Crippen molar-refractivity contribution in [2.24, 2.45) is 4.30 Å². The van der Waals surface area contributed by atoms with Crippen LogP contribution in [0.3, 0.4) is 0 Å². The maximum absolute atomic E-state index is 9.00. The second kappa shape index (κ2) is 15.3. The molecule has 1 radical (unpaired) electrons. The predicted octanol–water partition coefficient (Wildman–Crippen LogP) is 9.39. The Labute approximate surface area is 281 Å². The van der Waals surface area contributed by atoms with Gasteiger partial charge in [0.15, 0.2) is 0 Å². The van der Waals surface area contributed by atoms with E-state index in [1.54, 1.807) is 0 Å². The number of rotatable bonds is 2. The van der Waals surface area contributed by atoms with Crippen molar-refractivity contribution < 1.29 is 9.90 Å². The van der Waals surface area contributed by atoms with Gasteiger partial charge in [-0.15, -0.1) is 0 Å². The molecule has 0 aliphatic rings. The Morgan fingerprint density at radius 1 is 0.674 bits per heavy atom. The third-order valence-corrected chi connectivity index (χ3v) is 7.43. The quantitative estimate of drug-likeness (QED) is 0.140. The summed E-state index contributed by atoms with van der Waals surface area (Å²) in [6.07, 6.45) is 3.70. The third-order valence-electron chi connectivity index (χ3n) is 6.94. The molecular weight excluding hydrogens is 657 g/mol. The first kappa shape index (κ1) is 32.3. The van der Waals surface area contributed by atoms with Gasteiger partial charge in [-0.2, -0.15) is 0 Å². The number of carboxylic acids is 1. The zero-order valence-electron chi connectivity index (χ0n) is 24.8. The van der Waals surface area contributed by atoms with Gasteiger partial charge in [0.25, 0.3) is 5.97 Å². The Kier molecular flexibility index (Phi) is 10.8. The molecule has 7 nitrogen and oxygen atoms in total. The van der Waals surface area contributed by atoms with E-state index in [0.717, 1.165) is 39.2 Å². The minimum atomic E-state index is -0.833.